The van der Waals surface area contributed by atoms with Crippen molar-refractivity contribution in [1.29, 1.82) is 5.26 Å². The van der Waals surface area contributed by atoms with Crippen LogP contribution in [-0.4, -0.2) is 12.0 Å². The van der Waals surface area contributed by atoms with E-state index in [1.165, 1.54) is 10.8 Å². The summed E-state index contributed by atoms with van der Waals surface area (Å²) in [5.41, 5.74) is 2.78. The topological polar surface area (TPSA) is 39.9 Å². The van der Waals surface area contributed by atoms with Gasteiger partial charge in [0.1, 0.15) is 6.07 Å². The average Bonchev–Trinajstić information content (AvgIpc) is 2.54. The lowest BCUT2D eigenvalue weighted by atomic mass is 10.1. The number of benzene rings is 2. The molecule has 21 heavy (non-hydrogen) atoms. The molecule has 0 aliphatic rings. The van der Waals surface area contributed by atoms with Crippen LogP contribution in [0.5, 0.6) is 0 Å². The van der Waals surface area contributed by atoms with Gasteiger partial charge in [0.15, 0.2) is 0 Å². The zero-order valence-corrected chi connectivity index (χ0v) is 11.8. The lowest BCUT2D eigenvalue weighted by Gasteiger charge is -2.20. The van der Waals surface area contributed by atoms with Crippen LogP contribution in [0.15, 0.2) is 60.9 Å². The van der Waals surface area contributed by atoms with Gasteiger partial charge in [-0.15, -0.1) is 0 Å². The summed E-state index contributed by atoms with van der Waals surface area (Å²) >= 11 is 0. The van der Waals surface area contributed by atoms with Gasteiger partial charge in [-0.25, -0.2) is 0 Å². The summed E-state index contributed by atoms with van der Waals surface area (Å²) in [5.74, 6) is 0. The van der Waals surface area contributed by atoms with Crippen molar-refractivity contribution >= 4 is 16.5 Å². The van der Waals surface area contributed by atoms with E-state index in [1.54, 1.807) is 12.4 Å². The van der Waals surface area contributed by atoms with Gasteiger partial charge >= 0.3 is 0 Å². The molecule has 1 aromatic heterocycles. The molecule has 0 unspecified atom stereocenters. The Bertz CT molecular complexity index is 818. The molecule has 1 heterocycles. The summed E-state index contributed by atoms with van der Waals surface area (Å²) in [6, 6.07) is 18.7. The molecule has 3 nitrogen and oxygen atoms in total. The molecule has 0 spiro atoms. The minimum Gasteiger partial charge on any atom is -0.370 e. The van der Waals surface area contributed by atoms with Crippen molar-refractivity contribution in [2.75, 3.05) is 11.9 Å². The Kier molecular flexibility index (Phi) is 3.53. The molecule has 3 rings (SSSR count). The molecular formula is C18H15N3. The number of fused-ring (bicyclic) bond motifs is 1. The molecule has 3 heteroatoms. The normalized spacial score (nSPS) is 10.3. The fourth-order valence-electron chi connectivity index (χ4n) is 2.41. The second-order valence-corrected chi connectivity index (χ2v) is 5.08. The second-order valence-electron chi connectivity index (χ2n) is 5.08. The Hall–Kier alpha value is -2.86. The van der Waals surface area contributed by atoms with Gasteiger partial charge in [0.2, 0.25) is 0 Å². The second kappa shape index (κ2) is 5.64. The van der Waals surface area contributed by atoms with E-state index in [4.69, 9.17) is 5.26 Å². The van der Waals surface area contributed by atoms with Gasteiger partial charge in [-0.2, -0.15) is 5.26 Å². The molecule has 0 radical (unpaired) electrons. The Morgan fingerprint density at radius 3 is 2.67 bits per heavy atom. The fraction of sp³-hybridized carbons (Fsp3) is 0.111. The molecule has 0 amide bonds. The summed E-state index contributed by atoms with van der Waals surface area (Å²) in [4.78, 5) is 6.26. The van der Waals surface area contributed by atoms with Gasteiger partial charge in [0.05, 0.1) is 5.56 Å². The van der Waals surface area contributed by atoms with Crippen molar-refractivity contribution in [1.82, 2.24) is 4.98 Å². The first-order chi connectivity index (χ1) is 10.3. The van der Waals surface area contributed by atoms with Crippen LogP contribution in [0.3, 0.4) is 0 Å². The summed E-state index contributed by atoms with van der Waals surface area (Å²) in [6.45, 7) is 0.723. The first kappa shape index (κ1) is 13.1. The van der Waals surface area contributed by atoms with Gasteiger partial charge in [-0.3, -0.25) is 4.98 Å². The van der Waals surface area contributed by atoms with E-state index in [1.807, 2.05) is 25.2 Å². The Labute approximate surface area is 124 Å². The maximum Gasteiger partial charge on any atom is 0.101 e. The maximum absolute atomic E-state index is 8.93. The molecule has 0 aliphatic heterocycles. The minimum absolute atomic E-state index is 0.597. The van der Waals surface area contributed by atoms with Gasteiger partial charge in [0, 0.05) is 31.7 Å². The zero-order valence-electron chi connectivity index (χ0n) is 11.8. The van der Waals surface area contributed by atoms with Gasteiger partial charge in [-0.1, -0.05) is 30.3 Å². The molecule has 102 valence electrons. The molecule has 0 saturated heterocycles. The smallest absolute Gasteiger partial charge is 0.101 e. The quantitative estimate of drug-likeness (QED) is 0.729. The van der Waals surface area contributed by atoms with Crippen molar-refractivity contribution in [2.45, 2.75) is 6.54 Å². The lowest BCUT2D eigenvalue weighted by Crippen LogP contribution is -2.16. The largest absolute Gasteiger partial charge is 0.370 e. The molecule has 0 N–H and O–H groups in total. The van der Waals surface area contributed by atoms with Gasteiger partial charge < -0.3 is 4.90 Å². The van der Waals surface area contributed by atoms with E-state index < -0.39 is 0 Å². The average molecular weight is 273 g/mol. The minimum atomic E-state index is 0.597. The molecule has 0 saturated carbocycles. The van der Waals surface area contributed by atoms with Crippen LogP contribution in [-0.2, 0) is 6.54 Å². The number of rotatable bonds is 3. The molecule has 2 aromatic carbocycles. The van der Waals surface area contributed by atoms with Crippen LogP contribution < -0.4 is 4.90 Å². The number of pyridine rings is 1. The number of hydrogen-bond acceptors (Lipinski definition) is 3. The van der Waals surface area contributed by atoms with Crippen LogP contribution in [0.2, 0.25) is 0 Å². The first-order valence-electron chi connectivity index (χ1n) is 6.80. The van der Waals surface area contributed by atoms with E-state index in [0.717, 1.165) is 17.8 Å². The summed E-state index contributed by atoms with van der Waals surface area (Å²) in [5, 5.41) is 11.4. The van der Waals surface area contributed by atoms with Gasteiger partial charge in [0.25, 0.3) is 0 Å². The molecule has 0 aliphatic carbocycles. The van der Waals surface area contributed by atoms with E-state index in [0.29, 0.717) is 5.56 Å². The number of aromatic nitrogens is 1. The third-order valence-corrected chi connectivity index (χ3v) is 3.52. The highest BCUT2D eigenvalue weighted by molar-refractivity contribution is 5.85. The van der Waals surface area contributed by atoms with Crippen molar-refractivity contribution in [3.05, 3.63) is 72.1 Å². The number of anilines is 1. The molecule has 3 aromatic rings. The van der Waals surface area contributed by atoms with Crippen LogP contribution >= 0.6 is 0 Å². The molecule has 0 fully saturated rings. The van der Waals surface area contributed by atoms with Crippen LogP contribution in [0.1, 0.15) is 11.1 Å². The third kappa shape index (κ3) is 2.85. The van der Waals surface area contributed by atoms with Crippen molar-refractivity contribution in [2.24, 2.45) is 0 Å². The highest BCUT2D eigenvalue weighted by Gasteiger charge is 2.04. The lowest BCUT2D eigenvalue weighted by molar-refractivity contribution is 0.915. The SMILES string of the molecule is CN(Cc1cncc(C#N)c1)c1ccc2ccccc2c1. The zero-order chi connectivity index (χ0) is 14.7. The predicted molar refractivity (Wildman–Crippen MR) is 85.0 cm³/mol. The Morgan fingerprint density at radius 1 is 1.05 bits per heavy atom. The van der Waals surface area contributed by atoms with E-state index >= 15 is 0 Å². The molecular weight excluding hydrogens is 258 g/mol. The van der Waals surface area contributed by atoms with E-state index in [-0.39, 0.29) is 0 Å². The van der Waals surface area contributed by atoms with Crippen molar-refractivity contribution < 1.29 is 0 Å². The number of nitrogens with zero attached hydrogens (tertiary/aromatic N) is 3. The van der Waals surface area contributed by atoms with Crippen LogP contribution in [0.4, 0.5) is 5.69 Å². The van der Waals surface area contributed by atoms with Crippen molar-refractivity contribution in [3.8, 4) is 6.07 Å². The Balaban J connectivity index is 1.86. The predicted octanol–water partition coefficient (Wildman–Crippen LogP) is 3.74. The summed E-state index contributed by atoms with van der Waals surface area (Å²) in [7, 11) is 2.04. The van der Waals surface area contributed by atoms with E-state index in [2.05, 4.69) is 46.3 Å². The van der Waals surface area contributed by atoms with Crippen LogP contribution in [0, 0.1) is 11.3 Å². The van der Waals surface area contributed by atoms with Gasteiger partial charge in [-0.05, 0) is 34.5 Å². The standard InChI is InChI=1S/C18H15N3/c1-21(13-15-8-14(10-19)11-20-12-15)18-7-6-16-4-2-3-5-17(16)9-18/h2-9,11-12H,13H2,1H3. The molecule has 0 bridgehead atoms. The third-order valence-electron chi connectivity index (χ3n) is 3.52. The maximum atomic E-state index is 8.93. The number of nitriles is 1. The highest BCUT2D eigenvalue weighted by Crippen LogP contribution is 2.22. The highest BCUT2D eigenvalue weighted by atomic mass is 15.1. The summed E-state index contributed by atoms with van der Waals surface area (Å²) in [6.07, 6.45) is 3.39. The summed E-state index contributed by atoms with van der Waals surface area (Å²) < 4.78 is 0. The van der Waals surface area contributed by atoms with Crippen molar-refractivity contribution in [3.63, 3.8) is 0 Å². The number of hydrogen-bond donors (Lipinski definition) is 0. The van der Waals surface area contributed by atoms with Crippen LogP contribution in [0.25, 0.3) is 10.8 Å². The fourth-order valence-corrected chi connectivity index (χ4v) is 2.41. The Morgan fingerprint density at radius 2 is 1.86 bits per heavy atom. The van der Waals surface area contributed by atoms with E-state index in [9.17, 15) is 0 Å². The first-order valence-corrected chi connectivity index (χ1v) is 6.80. The molecule has 0 atom stereocenters. The monoisotopic (exact) mass is 273 g/mol.